The van der Waals surface area contributed by atoms with Gasteiger partial charge in [0, 0.05) is 24.3 Å². The van der Waals surface area contributed by atoms with E-state index in [0.29, 0.717) is 24.4 Å². The van der Waals surface area contributed by atoms with Crippen molar-refractivity contribution in [1.29, 1.82) is 0 Å². The normalized spacial score (nSPS) is 11.1. The molecule has 0 bridgehead atoms. The maximum absolute atomic E-state index is 13.0. The fourth-order valence-electron chi connectivity index (χ4n) is 5.27. The summed E-state index contributed by atoms with van der Waals surface area (Å²) in [5, 5.41) is 15.7. The summed E-state index contributed by atoms with van der Waals surface area (Å²) < 4.78 is 2.14. The van der Waals surface area contributed by atoms with Crippen LogP contribution in [0.15, 0.2) is 126 Å². The van der Waals surface area contributed by atoms with Crippen LogP contribution >= 0.6 is 23.1 Å². The molecule has 2 heterocycles. The maximum atomic E-state index is 13.0. The smallest absolute Gasteiger partial charge is 0.270 e. The van der Waals surface area contributed by atoms with E-state index in [4.69, 9.17) is 0 Å². The lowest BCUT2D eigenvalue weighted by atomic mass is 9.88. The van der Waals surface area contributed by atoms with E-state index in [9.17, 15) is 4.79 Å². The number of hydrogen-bond donors (Lipinski definition) is 1. The molecule has 0 spiro atoms. The first kappa shape index (κ1) is 29.5. The number of carbonyl (C=O) groups is 1. The van der Waals surface area contributed by atoms with Crippen LogP contribution in [0, 0.1) is 6.92 Å². The Labute approximate surface area is 266 Å². The average Bonchev–Trinajstić information content (AvgIpc) is 3.71. The van der Waals surface area contributed by atoms with Gasteiger partial charge in [0.05, 0.1) is 11.4 Å². The zero-order chi connectivity index (χ0) is 30.1. The molecule has 8 heteroatoms. The molecule has 4 aromatic carbocycles. The molecule has 1 amide bonds. The van der Waals surface area contributed by atoms with Gasteiger partial charge >= 0.3 is 0 Å². The molecule has 0 radical (unpaired) electrons. The van der Waals surface area contributed by atoms with Crippen molar-refractivity contribution >= 4 is 29.0 Å². The highest BCUT2D eigenvalue weighted by molar-refractivity contribution is 7.98. The summed E-state index contributed by atoms with van der Waals surface area (Å²) >= 11 is 3.08. The topological polar surface area (TPSA) is 72.7 Å². The van der Waals surface area contributed by atoms with Crippen LogP contribution in [0.5, 0.6) is 0 Å². The molecular formula is C36H33N5OS2. The Morgan fingerprint density at radius 3 is 2.16 bits per heavy atom. The second-order valence-corrected chi connectivity index (χ2v) is 12.4. The van der Waals surface area contributed by atoms with Crippen molar-refractivity contribution in [3.63, 3.8) is 0 Å². The van der Waals surface area contributed by atoms with Crippen molar-refractivity contribution in [2.24, 2.45) is 0 Å². The number of amides is 1. The van der Waals surface area contributed by atoms with Crippen molar-refractivity contribution in [1.82, 2.24) is 25.1 Å². The zero-order valence-electron chi connectivity index (χ0n) is 24.5. The van der Waals surface area contributed by atoms with Crippen molar-refractivity contribution in [2.45, 2.75) is 36.6 Å². The zero-order valence-corrected chi connectivity index (χ0v) is 26.1. The molecule has 6 nitrogen and oxygen atoms in total. The number of benzene rings is 4. The summed E-state index contributed by atoms with van der Waals surface area (Å²) in [5.41, 5.74) is 6.33. The third-order valence-corrected chi connectivity index (χ3v) is 9.47. The number of aromatic nitrogens is 4. The Morgan fingerprint density at radius 2 is 1.48 bits per heavy atom. The molecule has 0 aliphatic rings. The number of aryl methyl sites for hydroxylation is 1. The highest BCUT2D eigenvalue weighted by Crippen LogP contribution is 2.29. The van der Waals surface area contributed by atoms with E-state index in [1.807, 2.05) is 47.8 Å². The molecule has 44 heavy (non-hydrogen) atoms. The van der Waals surface area contributed by atoms with Crippen molar-refractivity contribution < 1.29 is 4.79 Å². The molecule has 6 aromatic rings. The first-order chi connectivity index (χ1) is 21.7. The van der Waals surface area contributed by atoms with E-state index in [-0.39, 0.29) is 11.8 Å². The number of thiazole rings is 1. The third kappa shape index (κ3) is 7.15. The minimum Gasteiger partial charge on any atom is -0.351 e. The van der Waals surface area contributed by atoms with Crippen LogP contribution in [0.25, 0.3) is 5.69 Å². The van der Waals surface area contributed by atoms with E-state index in [0.717, 1.165) is 33.7 Å². The highest BCUT2D eigenvalue weighted by Gasteiger charge is 2.19. The minimum absolute atomic E-state index is 0.148. The number of nitrogens with one attached hydrogen (secondary N) is 1. The fourth-order valence-corrected chi connectivity index (χ4v) is 7.02. The Morgan fingerprint density at radius 1 is 0.841 bits per heavy atom. The average molecular weight is 616 g/mol. The van der Waals surface area contributed by atoms with Crippen LogP contribution in [-0.2, 0) is 12.2 Å². The van der Waals surface area contributed by atoms with E-state index in [2.05, 4.69) is 105 Å². The van der Waals surface area contributed by atoms with E-state index in [1.54, 1.807) is 11.8 Å². The second-order valence-electron chi connectivity index (χ2n) is 10.5. The first-order valence-electron chi connectivity index (χ1n) is 14.6. The monoisotopic (exact) mass is 615 g/mol. The summed E-state index contributed by atoms with van der Waals surface area (Å²) in [7, 11) is 0. The Kier molecular flexibility index (Phi) is 9.60. The molecule has 0 saturated heterocycles. The molecule has 1 N–H and O–H groups in total. The molecule has 0 aliphatic heterocycles. The maximum Gasteiger partial charge on any atom is 0.270 e. The van der Waals surface area contributed by atoms with Gasteiger partial charge in [0.25, 0.3) is 5.91 Å². The Hall–Kier alpha value is -4.53. The van der Waals surface area contributed by atoms with Gasteiger partial charge in [-0.15, -0.1) is 21.5 Å². The van der Waals surface area contributed by atoms with Gasteiger partial charge in [-0.2, -0.15) is 0 Å². The van der Waals surface area contributed by atoms with E-state index < -0.39 is 0 Å². The summed E-state index contributed by atoms with van der Waals surface area (Å²) in [6.07, 6.45) is 1.48. The molecule has 220 valence electrons. The summed E-state index contributed by atoms with van der Waals surface area (Å²) in [5.74, 6) is 1.54. The standard InChI is InChI=1S/C36H33N5OS2/c1-26-13-11-12-20-32(26)41-33(23-27-14-5-2-6-15-27)39-40-36(41)44-25-34-38-31(24-43-34)35(42)37-22-21-30(28-16-7-3-8-17-28)29-18-9-4-10-19-29/h2-20,24,30H,21-23,25H2,1H3,(H,37,42). The summed E-state index contributed by atoms with van der Waals surface area (Å²) in [6.45, 7) is 2.66. The van der Waals surface area contributed by atoms with Gasteiger partial charge in [-0.05, 0) is 41.7 Å². The van der Waals surface area contributed by atoms with Crippen molar-refractivity contribution in [2.75, 3.05) is 6.54 Å². The highest BCUT2D eigenvalue weighted by atomic mass is 32.2. The molecule has 0 atom stereocenters. The van der Waals surface area contributed by atoms with Crippen LogP contribution in [-0.4, -0.2) is 32.2 Å². The first-order valence-corrected chi connectivity index (χ1v) is 16.5. The van der Waals surface area contributed by atoms with Gasteiger partial charge in [-0.25, -0.2) is 4.98 Å². The molecular weight excluding hydrogens is 583 g/mol. The van der Waals surface area contributed by atoms with Crippen molar-refractivity contribution in [3.05, 3.63) is 159 Å². The molecule has 0 unspecified atom stereocenters. The largest absolute Gasteiger partial charge is 0.351 e. The summed E-state index contributed by atoms with van der Waals surface area (Å²) in [6, 6.07) is 39.5. The number of hydrogen-bond acceptors (Lipinski definition) is 6. The SMILES string of the molecule is Cc1ccccc1-n1c(Cc2ccccc2)nnc1SCc1nc(C(=O)NCCC(c2ccccc2)c2ccccc2)cs1. The second kappa shape index (κ2) is 14.3. The quantitative estimate of drug-likeness (QED) is 0.142. The number of carbonyl (C=O) groups excluding carboxylic acids is 1. The number of para-hydroxylation sites is 1. The lowest BCUT2D eigenvalue weighted by Gasteiger charge is -2.18. The molecule has 0 saturated carbocycles. The van der Waals surface area contributed by atoms with Crippen LogP contribution in [0.4, 0.5) is 0 Å². The molecule has 6 rings (SSSR count). The lowest BCUT2D eigenvalue weighted by Crippen LogP contribution is -2.26. The Balaban J connectivity index is 1.11. The Bertz CT molecular complexity index is 1760. The van der Waals surface area contributed by atoms with Gasteiger partial charge in [0.1, 0.15) is 16.5 Å². The van der Waals surface area contributed by atoms with Gasteiger partial charge < -0.3 is 5.32 Å². The van der Waals surface area contributed by atoms with Crippen LogP contribution in [0.3, 0.4) is 0 Å². The number of rotatable bonds is 12. The van der Waals surface area contributed by atoms with Crippen LogP contribution in [0.2, 0.25) is 0 Å². The van der Waals surface area contributed by atoms with Gasteiger partial charge in [-0.3, -0.25) is 9.36 Å². The van der Waals surface area contributed by atoms with Gasteiger partial charge in [0.2, 0.25) is 0 Å². The van der Waals surface area contributed by atoms with E-state index in [1.165, 1.54) is 28.0 Å². The fraction of sp³-hybridized carbons (Fsp3) is 0.167. The third-order valence-electron chi connectivity index (χ3n) is 7.49. The molecule has 0 fully saturated rings. The van der Waals surface area contributed by atoms with E-state index >= 15 is 0 Å². The number of nitrogens with zero attached hydrogens (tertiary/aromatic N) is 4. The summed E-state index contributed by atoms with van der Waals surface area (Å²) in [4.78, 5) is 17.7. The van der Waals surface area contributed by atoms with Gasteiger partial charge in [-0.1, -0.05) is 121 Å². The predicted molar refractivity (Wildman–Crippen MR) is 179 cm³/mol. The predicted octanol–water partition coefficient (Wildman–Crippen LogP) is 7.87. The van der Waals surface area contributed by atoms with Crippen molar-refractivity contribution in [3.8, 4) is 5.69 Å². The lowest BCUT2D eigenvalue weighted by molar-refractivity contribution is 0.0948. The van der Waals surface area contributed by atoms with Crippen LogP contribution < -0.4 is 5.32 Å². The molecule has 2 aromatic heterocycles. The molecule has 0 aliphatic carbocycles. The minimum atomic E-state index is -0.148. The van der Waals surface area contributed by atoms with Gasteiger partial charge in [0.15, 0.2) is 5.16 Å². The number of thioether (sulfide) groups is 1. The van der Waals surface area contributed by atoms with Crippen LogP contribution in [0.1, 0.15) is 55.9 Å².